The van der Waals surface area contributed by atoms with Crippen molar-refractivity contribution in [3.8, 4) is 0 Å². The molecule has 2 nitrogen and oxygen atoms in total. The first-order valence-corrected chi connectivity index (χ1v) is 7.79. The zero-order valence-corrected chi connectivity index (χ0v) is 12.3. The van der Waals surface area contributed by atoms with Gasteiger partial charge in [-0.1, -0.05) is 33.3 Å². The van der Waals surface area contributed by atoms with E-state index in [2.05, 4.69) is 30.6 Å². The summed E-state index contributed by atoms with van der Waals surface area (Å²) in [6.45, 7) is 12.3. The second kappa shape index (κ2) is 6.72. The zero-order chi connectivity index (χ0) is 13.0. The van der Waals surface area contributed by atoms with Crippen molar-refractivity contribution in [3.05, 3.63) is 12.2 Å². The third-order valence-electron chi connectivity index (χ3n) is 4.09. The van der Waals surface area contributed by atoms with E-state index in [1.54, 1.807) is 0 Å². The van der Waals surface area contributed by atoms with Crippen LogP contribution < -0.4 is 5.32 Å². The van der Waals surface area contributed by atoms with Gasteiger partial charge in [-0.25, -0.2) is 0 Å². The molecular weight excluding hydrogens is 220 g/mol. The highest BCUT2D eigenvalue weighted by Gasteiger charge is 2.24. The average molecular weight is 250 g/mol. The molecule has 104 valence electrons. The molecule has 2 heteroatoms. The zero-order valence-electron chi connectivity index (χ0n) is 12.3. The second-order valence-electron chi connectivity index (χ2n) is 6.67. The smallest absolute Gasteiger partial charge is 0.0205 e. The maximum Gasteiger partial charge on any atom is 0.0205 e. The van der Waals surface area contributed by atoms with Crippen molar-refractivity contribution in [1.29, 1.82) is 0 Å². The van der Waals surface area contributed by atoms with Gasteiger partial charge in [0, 0.05) is 31.7 Å². The van der Waals surface area contributed by atoms with E-state index in [1.165, 1.54) is 50.6 Å². The fourth-order valence-corrected chi connectivity index (χ4v) is 3.00. The van der Waals surface area contributed by atoms with Gasteiger partial charge in [0.05, 0.1) is 0 Å². The summed E-state index contributed by atoms with van der Waals surface area (Å²) in [5, 5.41) is 3.58. The molecule has 2 aliphatic carbocycles. The number of nitrogens with zero attached hydrogens (tertiary/aromatic N) is 1. The van der Waals surface area contributed by atoms with Gasteiger partial charge < -0.3 is 5.32 Å². The van der Waals surface area contributed by atoms with E-state index in [9.17, 15) is 0 Å². The van der Waals surface area contributed by atoms with Crippen molar-refractivity contribution in [3.63, 3.8) is 0 Å². The highest BCUT2D eigenvalue weighted by molar-refractivity contribution is 5.03. The van der Waals surface area contributed by atoms with Gasteiger partial charge in [-0.05, 0) is 37.2 Å². The number of hydrogen-bond donors (Lipinski definition) is 1. The lowest BCUT2D eigenvalue weighted by Gasteiger charge is -2.31. The van der Waals surface area contributed by atoms with Gasteiger partial charge in [0.2, 0.25) is 0 Å². The lowest BCUT2D eigenvalue weighted by atomic mass is 10.1. The van der Waals surface area contributed by atoms with Crippen LogP contribution in [0.25, 0.3) is 0 Å². The SMILES string of the molecule is C=C(CNC1CC1)CN(CC(C)C)C1CCCC1. The quantitative estimate of drug-likeness (QED) is 0.666. The Morgan fingerprint density at radius 2 is 1.89 bits per heavy atom. The van der Waals surface area contributed by atoms with Gasteiger partial charge in [-0.2, -0.15) is 0 Å². The first-order valence-electron chi connectivity index (χ1n) is 7.79. The van der Waals surface area contributed by atoms with E-state index in [1.807, 2.05) is 0 Å². The Hall–Kier alpha value is -0.340. The van der Waals surface area contributed by atoms with E-state index in [0.717, 1.165) is 31.1 Å². The van der Waals surface area contributed by atoms with E-state index in [4.69, 9.17) is 0 Å². The number of nitrogens with one attached hydrogen (secondary N) is 1. The molecule has 2 rings (SSSR count). The molecule has 1 N–H and O–H groups in total. The third kappa shape index (κ3) is 4.74. The average Bonchev–Trinajstić information content (AvgIpc) is 2.97. The van der Waals surface area contributed by atoms with E-state index >= 15 is 0 Å². The standard InChI is InChI=1S/C16H30N2/c1-13(2)11-18(16-6-4-5-7-16)12-14(3)10-17-15-8-9-15/h13,15-17H,3-12H2,1-2H3. The Morgan fingerprint density at radius 3 is 2.44 bits per heavy atom. The predicted octanol–water partition coefficient (Wildman–Crippen LogP) is 3.20. The Kier molecular flexibility index (Phi) is 5.25. The van der Waals surface area contributed by atoms with Gasteiger partial charge >= 0.3 is 0 Å². The normalized spacial score (nSPS) is 21.1. The van der Waals surface area contributed by atoms with Crippen LogP contribution in [0.3, 0.4) is 0 Å². The molecule has 2 saturated carbocycles. The van der Waals surface area contributed by atoms with Crippen molar-refractivity contribution in [2.24, 2.45) is 5.92 Å². The minimum Gasteiger partial charge on any atom is -0.310 e. The van der Waals surface area contributed by atoms with Crippen LogP contribution >= 0.6 is 0 Å². The Morgan fingerprint density at radius 1 is 1.22 bits per heavy atom. The highest BCUT2D eigenvalue weighted by Crippen LogP contribution is 2.25. The summed E-state index contributed by atoms with van der Waals surface area (Å²) in [4.78, 5) is 2.69. The van der Waals surface area contributed by atoms with Gasteiger partial charge in [0.1, 0.15) is 0 Å². The molecular formula is C16H30N2. The van der Waals surface area contributed by atoms with Crippen molar-refractivity contribution < 1.29 is 0 Å². The van der Waals surface area contributed by atoms with Crippen LogP contribution in [0.5, 0.6) is 0 Å². The van der Waals surface area contributed by atoms with Crippen molar-refractivity contribution in [1.82, 2.24) is 10.2 Å². The minimum atomic E-state index is 0.759. The molecule has 2 fully saturated rings. The van der Waals surface area contributed by atoms with E-state index in [0.29, 0.717) is 0 Å². The lowest BCUT2D eigenvalue weighted by Crippen LogP contribution is -2.39. The van der Waals surface area contributed by atoms with Gasteiger partial charge in [0.25, 0.3) is 0 Å². The van der Waals surface area contributed by atoms with Gasteiger partial charge in [-0.3, -0.25) is 4.90 Å². The molecule has 0 radical (unpaired) electrons. The second-order valence-corrected chi connectivity index (χ2v) is 6.67. The summed E-state index contributed by atoms with van der Waals surface area (Å²) in [5.74, 6) is 0.759. The third-order valence-corrected chi connectivity index (χ3v) is 4.09. The first kappa shape index (κ1) is 14.1. The monoisotopic (exact) mass is 250 g/mol. The van der Waals surface area contributed by atoms with E-state index in [-0.39, 0.29) is 0 Å². The molecule has 0 aromatic rings. The maximum absolute atomic E-state index is 4.27. The van der Waals surface area contributed by atoms with Crippen LogP contribution in [-0.2, 0) is 0 Å². The van der Waals surface area contributed by atoms with Gasteiger partial charge in [-0.15, -0.1) is 0 Å². The molecule has 2 aliphatic rings. The fraction of sp³-hybridized carbons (Fsp3) is 0.875. The first-order chi connectivity index (χ1) is 8.65. The molecule has 18 heavy (non-hydrogen) atoms. The molecule has 0 aromatic carbocycles. The fourth-order valence-electron chi connectivity index (χ4n) is 3.00. The van der Waals surface area contributed by atoms with Crippen LogP contribution in [0.2, 0.25) is 0 Å². The largest absolute Gasteiger partial charge is 0.310 e. The van der Waals surface area contributed by atoms with Crippen LogP contribution in [-0.4, -0.2) is 36.6 Å². The van der Waals surface area contributed by atoms with Crippen LogP contribution in [0.4, 0.5) is 0 Å². The number of hydrogen-bond acceptors (Lipinski definition) is 2. The van der Waals surface area contributed by atoms with E-state index < -0.39 is 0 Å². The predicted molar refractivity (Wildman–Crippen MR) is 78.8 cm³/mol. The summed E-state index contributed by atoms with van der Waals surface area (Å²) in [7, 11) is 0. The molecule has 0 spiro atoms. The summed E-state index contributed by atoms with van der Waals surface area (Å²) in [6.07, 6.45) is 8.38. The number of rotatable bonds is 8. The maximum atomic E-state index is 4.27. The summed E-state index contributed by atoms with van der Waals surface area (Å²) in [5.41, 5.74) is 1.37. The van der Waals surface area contributed by atoms with Crippen molar-refractivity contribution in [2.75, 3.05) is 19.6 Å². The molecule has 0 atom stereocenters. The van der Waals surface area contributed by atoms with Gasteiger partial charge in [0.15, 0.2) is 0 Å². The molecule has 0 amide bonds. The van der Waals surface area contributed by atoms with Crippen LogP contribution in [0, 0.1) is 5.92 Å². The Bertz CT molecular complexity index is 262. The van der Waals surface area contributed by atoms with Crippen LogP contribution in [0.1, 0.15) is 52.4 Å². The summed E-state index contributed by atoms with van der Waals surface area (Å²) in [6, 6.07) is 1.62. The molecule has 0 aromatic heterocycles. The highest BCUT2D eigenvalue weighted by atomic mass is 15.2. The lowest BCUT2D eigenvalue weighted by molar-refractivity contribution is 0.191. The Balaban J connectivity index is 1.76. The molecule has 0 unspecified atom stereocenters. The van der Waals surface area contributed by atoms with Crippen molar-refractivity contribution in [2.45, 2.75) is 64.5 Å². The molecule has 0 heterocycles. The minimum absolute atomic E-state index is 0.759. The van der Waals surface area contributed by atoms with Crippen LogP contribution in [0.15, 0.2) is 12.2 Å². The Labute approximate surface area is 113 Å². The molecule has 0 saturated heterocycles. The molecule has 0 aliphatic heterocycles. The van der Waals surface area contributed by atoms with Crippen molar-refractivity contribution >= 4 is 0 Å². The summed E-state index contributed by atoms with van der Waals surface area (Å²) < 4.78 is 0. The topological polar surface area (TPSA) is 15.3 Å². The molecule has 0 bridgehead atoms. The summed E-state index contributed by atoms with van der Waals surface area (Å²) >= 11 is 0.